The van der Waals surface area contributed by atoms with Gasteiger partial charge in [0.2, 0.25) is 0 Å². The highest BCUT2D eigenvalue weighted by molar-refractivity contribution is 6.35. The molecule has 0 aromatic heterocycles. The van der Waals surface area contributed by atoms with Gasteiger partial charge in [-0.2, -0.15) is 0 Å². The number of hydrogen-bond donors (Lipinski definition) is 0. The van der Waals surface area contributed by atoms with E-state index in [-0.39, 0.29) is 10.8 Å². The first-order valence-electron chi connectivity index (χ1n) is 25.5. The molecule has 0 amide bonds. The number of hydrogen-bond acceptors (Lipinski definition) is 3. The average Bonchev–Trinajstić information content (AvgIpc) is 4.01. The molecular formula is C69H51N3. The summed E-state index contributed by atoms with van der Waals surface area (Å²) in [6.07, 6.45) is 0. The number of rotatable bonds is 6. The van der Waals surface area contributed by atoms with Gasteiger partial charge in [-0.25, -0.2) is 0 Å². The van der Waals surface area contributed by atoms with Crippen molar-refractivity contribution in [3.63, 3.8) is 0 Å². The van der Waals surface area contributed by atoms with E-state index in [0.29, 0.717) is 6.67 Å². The van der Waals surface area contributed by atoms with E-state index in [4.69, 9.17) is 0 Å². The van der Waals surface area contributed by atoms with Gasteiger partial charge in [0.25, 0.3) is 0 Å². The van der Waals surface area contributed by atoms with Crippen LogP contribution < -0.4 is 14.7 Å². The van der Waals surface area contributed by atoms with Gasteiger partial charge in [-0.1, -0.05) is 191 Å². The van der Waals surface area contributed by atoms with Crippen molar-refractivity contribution < 1.29 is 0 Å². The minimum Gasteiger partial charge on any atom is -0.321 e. The molecule has 0 N–H and O–H groups in total. The fraction of sp³-hybridized carbons (Fsp3) is 0.101. The fourth-order valence-corrected chi connectivity index (χ4v) is 13.4. The zero-order valence-electron chi connectivity index (χ0n) is 40.9. The molecule has 0 bridgehead atoms. The van der Waals surface area contributed by atoms with Crippen LogP contribution in [0.15, 0.2) is 224 Å². The first-order chi connectivity index (χ1) is 35.3. The van der Waals surface area contributed by atoms with Crippen LogP contribution in [-0.4, -0.2) is 6.67 Å². The lowest BCUT2D eigenvalue weighted by Gasteiger charge is -2.33. The number of fused-ring (bicyclic) bond motifs is 9. The van der Waals surface area contributed by atoms with Crippen molar-refractivity contribution in [2.24, 2.45) is 0 Å². The van der Waals surface area contributed by atoms with Crippen LogP contribution in [0.25, 0.3) is 76.5 Å². The van der Waals surface area contributed by atoms with E-state index in [1.165, 1.54) is 116 Å². The molecule has 0 radical (unpaired) electrons. The first-order valence-corrected chi connectivity index (χ1v) is 25.5. The summed E-state index contributed by atoms with van der Waals surface area (Å²) in [5.74, 6) is 0. The van der Waals surface area contributed by atoms with E-state index in [2.05, 4.69) is 267 Å². The predicted octanol–water partition coefficient (Wildman–Crippen LogP) is 18.7. The Bertz CT molecular complexity index is 4200. The summed E-state index contributed by atoms with van der Waals surface area (Å²) in [4.78, 5) is 7.65. The Hall–Kier alpha value is -8.66. The summed E-state index contributed by atoms with van der Waals surface area (Å²) in [7, 11) is 0. The third-order valence-electron chi connectivity index (χ3n) is 16.8. The van der Waals surface area contributed by atoms with Gasteiger partial charge in [0.1, 0.15) is 6.67 Å². The predicted molar refractivity (Wildman–Crippen MR) is 305 cm³/mol. The smallest absolute Gasteiger partial charge is 0.100 e. The lowest BCUT2D eigenvalue weighted by atomic mass is 9.81. The van der Waals surface area contributed by atoms with Crippen LogP contribution in [0.2, 0.25) is 0 Å². The molecule has 0 saturated heterocycles. The van der Waals surface area contributed by atoms with Crippen molar-refractivity contribution in [1.82, 2.24) is 0 Å². The molecule has 12 aromatic carbocycles. The highest BCUT2D eigenvalue weighted by Crippen LogP contribution is 2.59. The summed E-state index contributed by atoms with van der Waals surface area (Å²) in [6.45, 7) is 10.3. The van der Waals surface area contributed by atoms with Crippen LogP contribution in [0, 0.1) is 0 Å². The van der Waals surface area contributed by atoms with Crippen LogP contribution in [0.4, 0.5) is 39.8 Å². The van der Waals surface area contributed by atoms with Crippen molar-refractivity contribution in [3.05, 3.63) is 247 Å². The van der Waals surface area contributed by atoms with Crippen LogP contribution >= 0.6 is 0 Å². The molecule has 15 rings (SSSR count). The van der Waals surface area contributed by atoms with Crippen LogP contribution in [-0.2, 0) is 10.8 Å². The molecule has 1 aliphatic heterocycles. The second-order valence-electron chi connectivity index (χ2n) is 21.2. The summed E-state index contributed by atoms with van der Waals surface area (Å²) >= 11 is 0. The molecule has 0 fully saturated rings. The van der Waals surface area contributed by atoms with Crippen molar-refractivity contribution in [3.8, 4) is 33.4 Å². The molecule has 0 unspecified atom stereocenters. The molecule has 3 nitrogen and oxygen atoms in total. The minimum absolute atomic E-state index is 0.204. The summed E-state index contributed by atoms with van der Waals surface area (Å²) in [6, 6.07) is 84.7. The molecule has 1 heterocycles. The van der Waals surface area contributed by atoms with Crippen molar-refractivity contribution in [2.45, 2.75) is 38.5 Å². The molecule has 0 spiro atoms. The van der Waals surface area contributed by atoms with E-state index in [1.807, 2.05) is 0 Å². The zero-order valence-corrected chi connectivity index (χ0v) is 40.9. The Labute approximate surface area is 420 Å². The van der Waals surface area contributed by atoms with Crippen molar-refractivity contribution in [2.75, 3.05) is 21.4 Å². The molecule has 0 saturated carbocycles. The maximum Gasteiger partial charge on any atom is 0.100 e. The average molecular weight is 922 g/mol. The Morgan fingerprint density at radius 1 is 0.347 bits per heavy atom. The molecule has 3 aliphatic rings. The summed E-state index contributed by atoms with van der Waals surface area (Å²) in [5, 5.41) is 10.2. The number of anilines is 7. The largest absolute Gasteiger partial charge is 0.321 e. The van der Waals surface area contributed by atoms with Crippen molar-refractivity contribution >= 4 is 82.9 Å². The molecule has 2 aliphatic carbocycles. The van der Waals surface area contributed by atoms with Crippen molar-refractivity contribution in [1.29, 1.82) is 0 Å². The van der Waals surface area contributed by atoms with E-state index >= 15 is 0 Å². The first kappa shape index (κ1) is 41.2. The topological polar surface area (TPSA) is 9.72 Å². The third-order valence-corrected chi connectivity index (χ3v) is 16.8. The number of benzene rings is 12. The van der Waals surface area contributed by atoms with Crippen LogP contribution in [0.3, 0.4) is 0 Å². The monoisotopic (exact) mass is 921 g/mol. The Morgan fingerprint density at radius 2 is 0.889 bits per heavy atom. The maximum atomic E-state index is 2.66. The second-order valence-corrected chi connectivity index (χ2v) is 21.2. The number of para-hydroxylation sites is 3. The van der Waals surface area contributed by atoms with Gasteiger partial charge in [0.05, 0.1) is 22.7 Å². The van der Waals surface area contributed by atoms with E-state index in [1.54, 1.807) is 0 Å². The SMILES string of the molecule is CC1(C)c2ccccc2-c2ccc(N(c3cc4c(cc3-c3cccc5c3N(c3ccccc3)CN5c3ccccc3)-c3ccccc3C4(C)C)c3ccc4cccc5c6cccc7cccc(c3c45)c76)cc21. The number of nitrogens with zero attached hydrogens (tertiary/aromatic N) is 3. The van der Waals surface area contributed by atoms with E-state index in [0.717, 1.165) is 22.7 Å². The van der Waals surface area contributed by atoms with Gasteiger partial charge < -0.3 is 14.7 Å². The summed E-state index contributed by atoms with van der Waals surface area (Å²) < 4.78 is 0. The van der Waals surface area contributed by atoms with Gasteiger partial charge in [-0.05, 0) is 143 Å². The quantitative estimate of drug-likeness (QED) is 0.122. The van der Waals surface area contributed by atoms with Crippen LogP contribution in [0.1, 0.15) is 49.9 Å². The molecule has 72 heavy (non-hydrogen) atoms. The Balaban J connectivity index is 1.10. The third kappa shape index (κ3) is 5.62. The molecule has 342 valence electrons. The maximum absolute atomic E-state index is 2.66. The van der Waals surface area contributed by atoms with E-state index < -0.39 is 0 Å². The normalized spacial score (nSPS) is 14.8. The molecule has 0 atom stereocenters. The Morgan fingerprint density at radius 3 is 1.58 bits per heavy atom. The lowest BCUT2D eigenvalue weighted by molar-refractivity contribution is 0.660. The highest BCUT2D eigenvalue weighted by Gasteiger charge is 2.40. The minimum atomic E-state index is -0.249. The standard InChI is InChI=1S/C69H51N3/c1-68(2)57-32-13-11-26-48(57)50-37-36-47(39-59(50)68)72(61-38-35-44-21-16-29-52-51-28-15-19-43-20-17-31-54(64(43)51)66(61)65(44)52)63-41-60-55(49-27-12-14-33-58(49)69(60,3)4)40-56(63)53-30-18-34-62-67(53)71(46-24-9-6-10-25-46)42-70(62)45-22-7-5-8-23-45/h5-41H,42H2,1-4H3. The Kier molecular flexibility index (Phi) is 8.53. The van der Waals surface area contributed by atoms with Gasteiger partial charge in [-0.3, -0.25) is 0 Å². The zero-order chi connectivity index (χ0) is 48.0. The van der Waals surface area contributed by atoms with Gasteiger partial charge in [0.15, 0.2) is 0 Å². The second kappa shape index (κ2) is 14.9. The molecular weight excluding hydrogens is 871 g/mol. The summed E-state index contributed by atoms with van der Waals surface area (Å²) in [5.41, 5.74) is 20.8. The van der Waals surface area contributed by atoms with Gasteiger partial charge in [-0.15, -0.1) is 0 Å². The highest BCUT2D eigenvalue weighted by atomic mass is 15.4. The van der Waals surface area contributed by atoms with Crippen LogP contribution in [0.5, 0.6) is 0 Å². The van der Waals surface area contributed by atoms with E-state index in [9.17, 15) is 0 Å². The fourth-order valence-electron chi connectivity index (χ4n) is 13.4. The van der Waals surface area contributed by atoms with Gasteiger partial charge in [0, 0.05) is 44.4 Å². The molecule has 12 aromatic rings. The van der Waals surface area contributed by atoms with Gasteiger partial charge >= 0.3 is 0 Å². The molecule has 3 heteroatoms. The lowest BCUT2D eigenvalue weighted by Crippen LogP contribution is -2.24.